The molecule has 0 saturated heterocycles. The van der Waals surface area contributed by atoms with Gasteiger partial charge >= 0.3 is 0 Å². The SMILES string of the molecule is CC1=C(C)C(C)C2=C(CCCC2=O)O1. The van der Waals surface area contributed by atoms with Crippen LogP contribution in [0.5, 0.6) is 0 Å². The van der Waals surface area contributed by atoms with E-state index in [2.05, 4.69) is 6.92 Å². The Bertz CT molecular complexity index is 347. The fraction of sp³-hybridized carbons (Fsp3) is 0.583. The zero-order valence-electron chi connectivity index (χ0n) is 9.02. The van der Waals surface area contributed by atoms with Gasteiger partial charge < -0.3 is 4.74 Å². The lowest BCUT2D eigenvalue weighted by Gasteiger charge is -2.30. The van der Waals surface area contributed by atoms with Gasteiger partial charge in [-0.15, -0.1) is 0 Å². The van der Waals surface area contributed by atoms with Gasteiger partial charge in [0.05, 0.1) is 0 Å². The van der Waals surface area contributed by atoms with Crippen molar-refractivity contribution in [2.24, 2.45) is 5.92 Å². The van der Waals surface area contributed by atoms with Crippen LogP contribution in [-0.4, -0.2) is 5.78 Å². The van der Waals surface area contributed by atoms with Crippen molar-refractivity contribution in [3.63, 3.8) is 0 Å². The highest BCUT2D eigenvalue weighted by molar-refractivity contribution is 5.97. The minimum atomic E-state index is 0.256. The van der Waals surface area contributed by atoms with E-state index in [1.165, 1.54) is 5.57 Å². The molecule has 0 N–H and O–H groups in total. The Morgan fingerprint density at radius 1 is 1.29 bits per heavy atom. The second-order valence-corrected chi connectivity index (χ2v) is 4.18. The fourth-order valence-electron chi connectivity index (χ4n) is 2.21. The third-order valence-corrected chi connectivity index (χ3v) is 3.32. The molecule has 0 saturated carbocycles. The van der Waals surface area contributed by atoms with Gasteiger partial charge in [-0.2, -0.15) is 0 Å². The van der Waals surface area contributed by atoms with Gasteiger partial charge in [0.25, 0.3) is 0 Å². The van der Waals surface area contributed by atoms with Crippen molar-refractivity contribution in [1.82, 2.24) is 0 Å². The van der Waals surface area contributed by atoms with Gasteiger partial charge in [0.1, 0.15) is 11.5 Å². The highest BCUT2D eigenvalue weighted by atomic mass is 16.5. The van der Waals surface area contributed by atoms with E-state index in [4.69, 9.17) is 4.74 Å². The molecule has 0 radical (unpaired) electrons. The third-order valence-electron chi connectivity index (χ3n) is 3.32. The maximum atomic E-state index is 11.7. The largest absolute Gasteiger partial charge is 0.466 e. The van der Waals surface area contributed by atoms with E-state index >= 15 is 0 Å². The standard InChI is InChI=1S/C12H16O2/c1-7-8(2)12-10(13)5-4-6-11(12)14-9(7)3/h8H,4-6H2,1-3H3. The number of ether oxygens (including phenoxy) is 1. The number of carbonyl (C=O) groups is 1. The van der Waals surface area contributed by atoms with Crippen LogP contribution in [0, 0.1) is 5.92 Å². The summed E-state index contributed by atoms with van der Waals surface area (Å²) in [6.07, 6.45) is 2.56. The molecule has 0 fully saturated rings. The van der Waals surface area contributed by atoms with Crippen LogP contribution < -0.4 is 0 Å². The van der Waals surface area contributed by atoms with Crippen LogP contribution in [0.2, 0.25) is 0 Å². The van der Waals surface area contributed by atoms with Crippen molar-refractivity contribution in [2.45, 2.75) is 40.0 Å². The summed E-state index contributed by atoms with van der Waals surface area (Å²) in [4.78, 5) is 11.7. The molecule has 0 aromatic carbocycles. The molecule has 0 bridgehead atoms. The van der Waals surface area contributed by atoms with Crippen LogP contribution in [-0.2, 0) is 9.53 Å². The molecule has 2 aliphatic rings. The van der Waals surface area contributed by atoms with E-state index in [1.54, 1.807) is 0 Å². The first kappa shape index (κ1) is 9.50. The van der Waals surface area contributed by atoms with Gasteiger partial charge in [0.2, 0.25) is 0 Å². The second-order valence-electron chi connectivity index (χ2n) is 4.18. The number of hydrogen-bond acceptors (Lipinski definition) is 2. The third kappa shape index (κ3) is 1.29. The Morgan fingerprint density at radius 2 is 2.00 bits per heavy atom. The molecule has 1 heterocycles. The molecule has 1 aliphatic heterocycles. The Labute approximate surface area is 84.6 Å². The molecule has 2 heteroatoms. The van der Waals surface area contributed by atoms with Crippen LogP contribution >= 0.6 is 0 Å². The molecule has 2 rings (SSSR count). The summed E-state index contributed by atoms with van der Waals surface area (Å²) in [5.74, 6) is 2.44. The summed E-state index contributed by atoms with van der Waals surface area (Å²) in [6, 6.07) is 0. The molecule has 1 atom stereocenters. The zero-order chi connectivity index (χ0) is 10.3. The highest BCUT2D eigenvalue weighted by Crippen LogP contribution is 2.38. The molecule has 0 spiro atoms. The quantitative estimate of drug-likeness (QED) is 0.589. The normalized spacial score (nSPS) is 27.6. The van der Waals surface area contributed by atoms with E-state index in [9.17, 15) is 4.79 Å². The van der Waals surface area contributed by atoms with Crippen molar-refractivity contribution in [3.05, 3.63) is 22.7 Å². The summed E-state index contributed by atoms with van der Waals surface area (Å²) >= 11 is 0. The van der Waals surface area contributed by atoms with Crippen molar-refractivity contribution in [3.8, 4) is 0 Å². The van der Waals surface area contributed by atoms with Crippen LogP contribution in [0.25, 0.3) is 0 Å². The topological polar surface area (TPSA) is 26.3 Å². The minimum Gasteiger partial charge on any atom is -0.466 e. The van der Waals surface area contributed by atoms with Crippen LogP contribution in [0.15, 0.2) is 22.7 Å². The van der Waals surface area contributed by atoms with Crippen molar-refractivity contribution >= 4 is 5.78 Å². The average molecular weight is 192 g/mol. The van der Waals surface area contributed by atoms with Gasteiger partial charge in [-0.3, -0.25) is 4.79 Å². The van der Waals surface area contributed by atoms with Crippen molar-refractivity contribution in [1.29, 1.82) is 0 Å². The zero-order valence-corrected chi connectivity index (χ0v) is 9.02. The monoisotopic (exact) mass is 192 g/mol. The number of ketones is 1. The first-order chi connectivity index (χ1) is 6.61. The van der Waals surface area contributed by atoms with E-state index in [0.717, 1.165) is 29.9 Å². The predicted octanol–water partition coefficient (Wildman–Crippen LogP) is 2.95. The first-order valence-electron chi connectivity index (χ1n) is 5.22. The van der Waals surface area contributed by atoms with Gasteiger partial charge in [-0.25, -0.2) is 0 Å². The summed E-state index contributed by atoms with van der Waals surface area (Å²) in [6.45, 7) is 6.13. The Hall–Kier alpha value is -1.05. The highest BCUT2D eigenvalue weighted by Gasteiger charge is 2.31. The fourth-order valence-corrected chi connectivity index (χ4v) is 2.21. The van der Waals surface area contributed by atoms with E-state index in [-0.39, 0.29) is 11.7 Å². The second kappa shape index (κ2) is 3.26. The molecule has 2 nitrogen and oxygen atoms in total. The lowest BCUT2D eigenvalue weighted by atomic mass is 9.82. The minimum absolute atomic E-state index is 0.256. The number of allylic oxidation sites excluding steroid dienone is 4. The molecule has 1 unspecified atom stereocenters. The van der Waals surface area contributed by atoms with Crippen LogP contribution in [0.3, 0.4) is 0 Å². The van der Waals surface area contributed by atoms with E-state index < -0.39 is 0 Å². The Kier molecular flexibility index (Phi) is 2.22. The summed E-state index contributed by atoms with van der Waals surface area (Å²) in [7, 11) is 0. The first-order valence-corrected chi connectivity index (χ1v) is 5.22. The van der Waals surface area contributed by atoms with Gasteiger partial charge in [-0.05, 0) is 25.8 Å². The molecule has 0 aromatic heterocycles. The van der Waals surface area contributed by atoms with Crippen molar-refractivity contribution < 1.29 is 9.53 Å². The predicted molar refractivity (Wildman–Crippen MR) is 54.5 cm³/mol. The van der Waals surface area contributed by atoms with E-state index in [1.807, 2.05) is 13.8 Å². The Morgan fingerprint density at radius 3 is 2.71 bits per heavy atom. The lowest BCUT2D eigenvalue weighted by Crippen LogP contribution is -2.23. The van der Waals surface area contributed by atoms with Crippen LogP contribution in [0.1, 0.15) is 40.0 Å². The smallest absolute Gasteiger partial charge is 0.162 e. The summed E-state index contributed by atoms with van der Waals surface area (Å²) < 4.78 is 5.68. The number of carbonyl (C=O) groups excluding carboxylic acids is 1. The summed E-state index contributed by atoms with van der Waals surface area (Å²) in [5, 5.41) is 0. The molecule has 1 aliphatic carbocycles. The van der Waals surface area contributed by atoms with Gasteiger partial charge in [0, 0.05) is 24.3 Å². The average Bonchev–Trinajstić information content (AvgIpc) is 2.14. The molecule has 0 aromatic rings. The summed E-state index contributed by atoms with van der Waals surface area (Å²) in [5.41, 5.74) is 2.12. The molecule has 14 heavy (non-hydrogen) atoms. The van der Waals surface area contributed by atoms with Gasteiger partial charge in [-0.1, -0.05) is 6.92 Å². The van der Waals surface area contributed by atoms with Gasteiger partial charge in [0.15, 0.2) is 5.78 Å². The maximum Gasteiger partial charge on any atom is 0.162 e. The van der Waals surface area contributed by atoms with E-state index in [0.29, 0.717) is 6.42 Å². The number of rotatable bonds is 0. The molecular formula is C12H16O2. The molecule has 76 valence electrons. The molecule has 0 amide bonds. The number of hydrogen-bond donors (Lipinski definition) is 0. The Balaban J connectivity index is 2.41. The number of Topliss-reactive ketones (excluding diaryl/α,β-unsaturated/α-hetero) is 1. The molecular weight excluding hydrogens is 176 g/mol. The maximum absolute atomic E-state index is 11.7. The lowest BCUT2D eigenvalue weighted by molar-refractivity contribution is -0.116. The van der Waals surface area contributed by atoms with Crippen molar-refractivity contribution in [2.75, 3.05) is 0 Å². The van der Waals surface area contributed by atoms with Crippen LogP contribution in [0.4, 0.5) is 0 Å².